The molecule has 0 bridgehead atoms. The molecule has 0 radical (unpaired) electrons. The summed E-state index contributed by atoms with van der Waals surface area (Å²) in [5, 5.41) is 0. The molecule has 0 heterocycles. The van der Waals surface area contributed by atoms with E-state index in [1.165, 1.54) is 60.5 Å². The minimum absolute atomic E-state index is 0.287. The Morgan fingerprint density at radius 2 is 1.50 bits per heavy atom. The van der Waals surface area contributed by atoms with Crippen molar-refractivity contribution < 1.29 is 31.7 Å². The van der Waals surface area contributed by atoms with Crippen molar-refractivity contribution in [2.75, 3.05) is 7.11 Å². The Morgan fingerprint density at radius 3 is 2.07 bits per heavy atom. The van der Waals surface area contributed by atoms with Gasteiger partial charge in [0.1, 0.15) is 5.75 Å². The summed E-state index contributed by atoms with van der Waals surface area (Å²) in [6.45, 7) is 1.60. The number of hydrogen-bond acceptors (Lipinski definition) is 7. The van der Waals surface area contributed by atoms with E-state index in [4.69, 9.17) is 14.2 Å². The maximum atomic E-state index is 12.2. The zero-order valence-corrected chi connectivity index (χ0v) is 17.2. The quantitative estimate of drug-likeness (QED) is 0.189. The van der Waals surface area contributed by atoms with Crippen molar-refractivity contribution in [3.63, 3.8) is 0 Å². The third-order valence-corrected chi connectivity index (χ3v) is 3.97. The molecule has 0 aliphatic carbocycles. The normalized spacial score (nSPS) is 11.7. The van der Waals surface area contributed by atoms with Crippen LogP contribution < -0.4 is 4.74 Å². The molecule has 8 heteroatoms. The average molecular weight is 496 g/mol. The smallest absolute Gasteiger partial charge is 0.343 e. The highest BCUT2D eigenvalue weighted by atomic mass is 127. The first-order chi connectivity index (χ1) is 13.4. The lowest BCUT2D eigenvalue weighted by Crippen LogP contribution is -2.16. The number of methoxy groups -OCH3 is 1. The number of hydrogen-bond donors (Lipinski definition) is 0. The predicted octanol–water partition coefficient (Wildman–Crippen LogP) is 3.96. The third-order valence-electron chi connectivity index (χ3n) is 3.54. The largest absolute Gasteiger partial charge is 0.432 e. The van der Waals surface area contributed by atoms with Crippen molar-refractivity contribution in [3.8, 4) is 5.75 Å². The molecule has 0 aromatic heterocycles. The van der Waals surface area contributed by atoms with Crippen LogP contribution in [0.15, 0.2) is 54.6 Å². The maximum Gasteiger partial charge on any atom is 0.343 e. The van der Waals surface area contributed by atoms with Gasteiger partial charge >= 0.3 is 17.9 Å². The zero-order chi connectivity index (χ0) is 20.5. The highest BCUT2D eigenvalue weighted by Gasteiger charge is 2.13. The van der Waals surface area contributed by atoms with Gasteiger partial charge in [0, 0.05) is 13.2 Å². The third kappa shape index (κ3) is 6.46. The molecule has 2 rings (SSSR count). The summed E-state index contributed by atoms with van der Waals surface area (Å²) in [7, 11) is 1.43. The Hall–Kier alpha value is -2.72. The predicted molar refractivity (Wildman–Crippen MR) is 109 cm³/mol. The first-order valence-electron chi connectivity index (χ1n) is 8.09. The maximum absolute atomic E-state index is 12.2. The van der Waals surface area contributed by atoms with Gasteiger partial charge in [0.25, 0.3) is 0 Å². The van der Waals surface area contributed by atoms with Crippen molar-refractivity contribution in [2.24, 2.45) is 0 Å². The van der Waals surface area contributed by atoms with Crippen molar-refractivity contribution in [2.45, 2.75) is 13.2 Å². The molecule has 0 N–H and O–H groups in total. The van der Waals surface area contributed by atoms with E-state index >= 15 is 0 Å². The van der Waals surface area contributed by atoms with E-state index in [2.05, 4.69) is 3.07 Å². The van der Waals surface area contributed by atoms with Crippen LogP contribution in [0.25, 0.3) is 6.08 Å². The Labute approximate surface area is 175 Å². The number of ether oxygens (including phenoxy) is 3. The van der Waals surface area contributed by atoms with Crippen molar-refractivity contribution in [1.82, 2.24) is 0 Å². The van der Waals surface area contributed by atoms with E-state index in [1.807, 2.05) is 0 Å². The van der Waals surface area contributed by atoms with Gasteiger partial charge in [-0.1, -0.05) is 12.1 Å². The Kier molecular flexibility index (Phi) is 8.15. The first kappa shape index (κ1) is 21.6. The average Bonchev–Trinajstić information content (AvgIpc) is 2.72. The van der Waals surface area contributed by atoms with Gasteiger partial charge < -0.3 is 17.3 Å². The number of carbonyl (C=O) groups is 3. The van der Waals surface area contributed by atoms with Crippen LogP contribution in [0, 0.1) is 0 Å². The van der Waals surface area contributed by atoms with E-state index in [0.717, 1.165) is 5.56 Å². The van der Waals surface area contributed by atoms with Crippen LogP contribution in [0.3, 0.4) is 0 Å². The van der Waals surface area contributed by atoms with E-state index in [-0.39, 0.29) is 5.75 Å². The van der Waals surface area contributed by atoms with Crippen LogP contribution in [-0.2, 0) is 17.3 Å². The molecule has 2 aromatic carbocycles. The lowest BCUT2D eigenvalue weighted by molar-refractivity contribution is -0.126. The lowest BCUT2D eigenvalue weighted by atomic mass is 10.1. The van der Waals surface area contributed by atoms with Crippen LogP contribution in [0.4, 0.5) is 0 Å². The molecule has 7 nitrogen and oxygen atoms in total. The molecular weight excluding hydrogens is 479 g/mol. The molecule has 146 valence electrons. The van der Waals surface area contributed by atoms with Crippen LogP contribution in [0.2, 0.25) is 0 Å². The Morgan fingerprint density at radius 1 is 0.929 bits per heavy atom. The standard InChI is InChI=1S/C20H17IO7/c1-13(25-2)26-19(23)16-8-10-17(11-9-16)27-20(24)15-6-3-14(4-7-15)5-12-18(22)28-21/h3-13H,1-2H3/b12-5+. The molecule has 0 spiro atoms. The summed E-state index contributed by atoms with van der Waals surface area (Å²) >= 11 is 1.50. The lowest BCUT2D eigenvalue weighted by Gasteiger charge is -2.11. The second-order valence-electron chi connectivity index (χ2n) is 5.47. The number of esters is 2. The summed E-state index contributed by atoms with van der Waals surface area (Å²) in [4.78, 5) is 35.2. The molecule has 0 aliphatic heterocycles. The number of benzene rings is 2. The van der Waals surface area contributed by atoms with Gasteiger partial charge in [0.15, 0.2) is 29.3 Å². The minimum Gasteiger partial charge on any atom is -0.432 e. The van der Waals surface area contributed by atoms with E-state index in [9.17, 15) is 14.4 Å². The first-order valence-corrected chi connectivity index (χ1v) is 8.97. The summed E-state index contributed by atoms with van der Waals surface area (Å²) in [5.41, 5.74) is 1.38. The fraction of sp³-hybridized carbons (Fsp3) is 0.150. The highest BCUT2D eigenvalue weighted by molar-refractivity contribution is 14.1. The van der Waals surface area contributed by atoms with E-state index < -0.39 is 24.2 Å². The van der Waals surface area contributed by atoms with Gasteiger partial charge in [-0.2, -0.15) is 0 Å². The van der Waals surface area contributed by atoms with E-state index in [0.29, 0.717) is 11.1 Å². The fourth-order valence-electron chi connectivity index (χ4n) is 2.01. The monoisotopic (exact) mass is 496 g/mol. The number of carbonyl (C=O) groups excluding carboxylic acids is 3. The number of halogens is 1. The second kappa shape index (κ2) is 10.6. The molecule has 0 saturated carbocycles. The van der Waals surface area contributed by atoms with Crippen LogP contribution >= 0.6 is 23.0 Å². The zero-order valence-electron chi connectivity index (χ0n) is 15.1. The molecule has 0 fully saturated rings. The Bertz CT molecular complexity index is 857. The summed E-state index contributed by atoms with van der Waals surface area (Å²) in [5.74, 6) is -1.28. The molecule has 1 unspecified atom stereocenters. The van der Waals surface area contributed by atoms with Gasteiger partial charge in [-0.15, -0.1) is 0 Å². The van der Waals surface area contributed by atoms with Gasteiger partial charge in [-0.25, -0.2) is 14.4 Å². The molecule has 28 heavy (non-hydrogen) atoms. The van der Waals surface area contributed by atoms with Crippen LogP contribution in [0.5, 0.6) is 5.75 Å². The van der Waals surface area contributed by atoms with Crippen molar-refractivity contribution in [1.29, 1.82) is 0 Å². The molecular formula is C20H17IO7. The molecule has 0 amide bonds. The van der Waals surface area contributed by atoms with Gasteiger partial charge in [-0.05, 0) is 55.0 Å². The van der Waals surface area contributed by atoms with Crippen molar-refractivity contribution >= 4 is 47.0 Å². The van der Waals surface area contributed by atoms with Gasteiger partial charge in [-0.3, -0.25) is 0 Å². The summed E-state index contributed by atoms with van der Waals surface area (Å²) in [6, 6.07) is 12.5. The topological polar surface area (TPSA) is 88.1 Å². The van der Waals surface area contributed by atoms with E-state index in [1.54, 1.807) is 37.3 Å². The SMILES string of the molecule is COC(C)OC(=O)c1ccc(OC(=O)c2ccc(/C=C/C(=O)OI)cc2)cc1. The molecule has 1 atom stereocenters. The summed E-state index contributed by atoms with van der Waals surface area (Å²) in [6.07, 6.45) is 2.19. The molecule has 2 aromatic rings. The number of rotatable bonds is 7. The fourth-order valence-corrected chi connectivity index (χ4v) is 2.16. The van der Waals surface area contributed by atoms with Crippen molar-refractivity contribution in [3.05, 3.63) is 71.3 Å². The second-order valence-corrected chi connectivity index (χ2v) is 5.91. The highest BCUT2D eigenvalue weighted by Crippen LogP contribution is 2.16. The molecule has 0 saturated heterocycles. The van der Waals surface area contributed by atoms with Crippen LogP contribution in [0.1, 0.15) is 33.2 Å². The minimum atomic E-state index is -0.657. The Balaban J connectivity index is 1.98. The molecule has 0 aliphatic rings. The summed E-state index contributed by atoms with van der Waals surface area (Å²) < 4.78 is 19.7. The van der Waals surface area contributed by atoms with Crippen LogP contribution in [-0.4, -0.2) is 31.3 Å². The van der Waals surface area contributed by atoms with Gasteiger partial charge in [0.2, 0.25) is 0 Å². The van der Waals surface area contributed by atoms with Gasteiger partial charge in [0.05, 0.1) is 11.1 Å².